The van der Waals surface area contributed by atoms with Crippen molar-refractivity contribution in [2.45, 2.75) is 17.4 Å². The van der Waals surface area contributed by atoms with E-state index in [0.717, 1.165) is 6.26 Å². The summed E-state index contributed by atoms with van der Waals surface area (Å²) in [5, 5.41) is -0.547. The SMILES string of the molecule is CS(=O)(=O)c1nc(Cl)cc(OC2COC[C@H]2F)n1. The van der Waals surface area contributed by atoms with Crippen molar-refractivity contribution in [1.82, 2.24) is 9.97 Å². The van der Waals surface area contributed by atoms with E-state index in [0.29, 0.717) is 0 Å². The van der Waals surface area contributed by atoms with Crippen LogP contribution in [0.2, 0.25) is 5.15 Å². The van der Waals surface area contributed by atoms with Crippen LogP contribution in [0.25, 0.3) is 0 Å². The van der Waals surface area contributed by atoms with E-state index in [1.807, 2.05) is 0 Å². The van der Waals surface area contributed by atoms with Gasteiger partial charge in [0.05, 0.1) is 13.2 Å². The number of nitrogens with zero attached hydrogens (tertiary/aromatic N) is 2. The van der Waals surface area contributed by atoms with Crippen molar-refractivity contribution in [3.05, 3.63) is 11.2 Å². The van der Waals surface area contributed by atoms with Crippen molar-refractivity contribution in [2.75, 3.05) is 19.5 Å². The van der Waals surface area contributed by atoms with Gasteiger partial charge in [0.25, 0.3) is 5.16 Å². The molecule has 2 heterocycles. The molecule has 0 bridgehead atoms. The van der Waals surface area contributed by atoms with Gasteiger partial charge in [-0.3, -0.25) is 0 Å². The maximum Gasteiger partial charge on any atom is 0.251 e. The van der Waals surface area contributed by atoms with Crippen molar-refractivity contribution >= 4 is 21.4 Å². The maximum absolute atomic E-state index is 13.3. The fraction of sp³-hybridized carbons (Fsp3) is 0.556. The lowest BCUT2D eigenvalue weighted by atomic mass is 10.3. The van der Waals surface area contributed by atoms with E-state index >= 15 is 0 Å². The van der Waals surface area contributed by atoms with Crippen LogP contribution in [0.5, 0.6) is 5.88 Å². The predicted octanol–water partition coefficient (Wildman–Crippen LogP) is 0.649. The summed E-state index contributed by atoms with van der Waals surface area (Å²) in [6.45, 7) is 0.0272. The zero-order chi connectivity index (χ0) is 13.3. The molecule has 0 N–H and O–H groups in total. The highest BCUT2D eigenvalue weighted by Gasteiger charge is 2.30. The van der Waals surface area contributed by atoms with E-state index in [1.165, 1.54) is 6.07 Å². The average Bonchev–Trinajstić information content (AvgIpc) is 2.62. The van der Waals surface area contributed by atoms with Crippen LogP contribution in [0.15, 0.2) is 11.2 Å². The molecule has 9 heteroatoms. The first kappa shape index (κ1) is 13.4. The van der Waals surface area contributed by atoms with Crippen molar-refractivity contribution in [3.8, 4) is 5.88 Å². The standard InChI is InChI=1S/C9H10ClFN2O4S/c1-18(14,15)9-12-7(10)2-8(13-9)17-6-4-16-3-5(6)11/h2,5-6H,3-4H2,1H3/t5-,6?/m1/s1. The van der Waals surface area contributed by atoms with Crippen LogP contribution in [0.3, 0.4) is 0 Å². The highest BCUT2D eigenvalue weighted by molar-refractivity contribution is 7.90. The van der Waals surface area contributed by atoms with Gasteiger partial charge in [-0.25, -0.2) is 17.8 Å². The summed E-state index contributed by atoms with van der Waals surface area (Å²) in [7, 11) is -3.61. The van der Waals surface area contributed by atoms with Gasteiger partial charge in [0.2, 0.25) is 15.7 Å². The van der Waals surface area contributed by atoms with Crippen LogP contribution in [-0.2, 0) is 14.6 Å². The van der Waals surface area contributed by atoms with E-state index in [-0.39, 0.29) is 24.2 Å². The minimum absolute atomic E-state index is 0.0532. The van der Waals surface area contributed by atoms with Crippen LogP contribution in [-0.4, -0.2) is 50.1 Å². The summed E-state index contributed by atoms with van der Waals surface area (Å²) < 4.78 is 45.9. The molecule has 6 nitrogen and oxygen atoms in total. The van der Waals surface area contributed by atoms with Gasteiger partial charge in [0, 0.05) is 12.3 Å². The number of aromatic nitrogens is 2. The maximum atomic E-state index is 13.3. The normalized spacial score (nSPS) is 24.2. The quantitative estimate of drug-likeness (QED) is 0.602. The molecule has 0 aromatic carbocycles. The van der Waals surface area contributed by atoms with Gasteiger partial charge in [-0.15, -0.1) is 0 Å². The molecular weight excluding hydrogens is 287 g/mol. The topological polar surface area (TPSA) is 78.4 Å². The molecule has 0 aliphatic carbocycles. The lowest BCUT2D eigenvalue weighted by molar-refractivity contribution is 0.123. The third-order valence-corrected chi connectivity index (χ3v) is 3.26. The number of hydrogen-bond donors (Lipinski definition) is 0. The Labute approximate surface area is 108 Å². The molecule has 1 aliphatic rings. The number of sulfone groups is 1. The summed E-state index contributed by atoms with van der Waals surface area (Å²) in [4.78, 5) is 7.23. The molecule has 0 spiro atoms. The first-order valence-electron chi connectivity index (χ1n) is 4.99. The van der Waals surface area contributed by atoms with Crippen LogP contribution >= 0.6 is 11.6 Å². The second-order valence-electron chi connectivity index (χ2n) is 3.79. The van der Waals surface area contributed by atoms with Gasteiger partial charge in [-0.05, 0) is 0 Å². The summed E-state index contributed by atoms with van der Waals surface area (Å²) in [5.41, 5.74) is 0. The van der Waals surface area contributed by atoms with Crippen LogP contribution in [0.4, 0.5) is 4.39 Å². The number of rotatable bonds is 3. The molecular formula is C9H10ClFN2O4S. The number of ether oxygens (including phenoxy) is 2. The molecule has 1 aliphatic heterocycles. The molecule has 1 fully saturated rings. The molecule has 100 valence electrons. The van der Waals surface area contributed by atoms with Crippen LogP contribution in [0.1, 0.15) is 0 Å². The van der Waals surface area contributed by atoms with E-state index < -0.39 is 27.3 Å². The molecule has 2 rings (SSSR count). The number of alkyl halides is 1. The monoisotopic (exact) mass is 296 g/mol. The second kappa shape index (κ2) is 4.94. The summed E-state index contributed by atoms with van der Waals surface area (Å²) in [5.74, 6) is -0.0893. The summed E-state index contributed by atoms with van der Waals surface area (Å²) >= 11 is 5.66. The van der Waals surface area contributed by atoms with Crippen molar-refractivity contribution in [2.24, 2.45) is 0 Å². The molecule has 2 atom stereocenters. The van der Waals surface area contributed by atoms with E-state index in [4.69, 9.17) is 21.1 Å². The molecule has 1 saturated heterocycles. The van der Waals surface area contributed by atoms with Crippen LogP contribution in [0, 0.1) is 0 Å². The van der Waals surface area contributed by atoms with Gasteiger partial charge in [0.15, 0.2) is 12.3 Å². The first-order chi connectivity index (χ1) is 8.36. The average molecular weight is 297 g/mol. The van der Waals surface area contributed by atoms with Crippen LogP contribution < -0.4 is 4.74 Å². The van der Waals surface area contributed by atoms with Crippen molar-refractivity contribution < 1.29 is 22.3 Å². The largest absolute Gasteiger partial charge is 0.469 e. The minimum atomic E-state index is -3.61. The first-order valence-corrected chi connectivity index (χ1v) is 7.26. The third-order valence-electron chi connectivity index (χ3n) is 2.22. The molecule has 0 amide bonds. The molecule has 0 saturated carbocycles. The zero-order valence-electron chi connectivity index (χ0n) is 9.34. The molecule has 1 aromatic rings. The van der Waals surface area contributed by atoms with Gasteiger partial charge >= 0.3 is 0 Å². The second-order valence-corrected chi connectivity index (χ2v) is 6.09. The smallest absolute Gasteiger partial charge is 0.251 e. The molecule has 1 aromatic heterocycles. The van der Waals surface area contributed by atoms with E-state index in [9.17, 15) is 12.8 Å². The predicted molar refractivity (Wildman–Crippen MR) is 60.3 cm³/mol. The summed E-state index contributed by atoms with van der Waals surface area (Å²) in [6, 6.07) is 1.22. The van der Waals surface area contributed by atoms with Crippen molar-refractivity contribution in [1.29, 1.82) is 0 Å². The Morgan fingerprint density at radius 1 is 1.50 bits per heavy atom. The molecule has 1 unspecified atom stereocenters. The van der Waals surface area contributed by atoms with Gasteiger partial charge < -0.3 is 9.47 Å². The minimum Gasteiger partial charge on any atom is -0.469 e. The highest BCUT2D eigenvalue weighted by atomic mass is 35.5. The fourth-order valence-electron chi connectivity index (χ4n) is 1.37. The van der Waals surface area contributed by atoms with Gasteiger partial charge in [-0.1, -0.05) is 11.6 Å². The Kier molecular flexibility index (Phi) is 3.69. The lowest BCUT2D eigenvalue weighted by Crippen LogP contribution is -2.27. The highest BCUT2D eigenvalue weighted by Crippen LogP contribution is 2.21. The Morgan fingerprint density at radius 2 is 2.22 bits per heavy atom. The molecule has 18 heavy (non-hydrogen) atoms. The van der Waals surface area contributed by atoms with Gasteiger partial charge in [0.1, 0.15) is 5.15 Å². The Hall–Kier alpha value is -0.990. The van der Waals surface area contributed by atoms with E-state index in [2.05, 4.69) is 9.97 Å². The zero-order valence-corrected chi connectivity index (χ0v) is 10.9. The summed E-state index contributed by atoms with van der Waals surface area (Å²) in [6.07, 6.45) is -1.15. The number of halogens is 2. The number of hydrogen-bond acceptors (Lipinski definition) is 6. The van der Waals surface area contributed by atoms with Crippen molar-refractivity contribution in [3.63, 3.8) is 0 Å². The Balaban J connectivity index is 2.26. The van der Waals surface area contributed by atoms with Gasteiger partial charge in [-0.2, -0.15) is 4.98 Å². The van der Waals surface area contributed by atoms with E-state index in [1.54, 1.807) is 0 Å². The Bertz CT molecular complexity index is 553. The Morgan fingerprint density at radius 3 is 2.78 bits per heavy atom. The molecule has 0 radical (unpaired) electrons. The fourth-order valence-corrected chi connectivity index (χ4v) is 2.12. The lowest BCUT2D eigenvalue weighted by Gasteiger charge is -2.13. The third kappa shape index (κ3) is 3.06.